The van der Waals surface area contributed by atoms with Gasteiger partial charge in [0.2, 0.25) is 5.91 Å². The molecule has 0 bridgehead atoms. The number of amides is 2. The Bertz CT molecular complexity index is 1210. The maximum atomic E-state index is 12.7. The first-order valence-electron chi connectivity index (χ1n) is 13.3. The summed E-state index contributed by atoms with van der Waals surface area (Å²) in [6, 6.07) is 16.7. The predicted octanol–water partition coefficient (Wildman–Crippen LogP) is 4.94. The number of methoxy groups -OCH3 is 1. The summed E-state index contributed by atoms with van der Waals surface area (Å²) in [5, 5.41) is 4.54. The van der Waals surface area contributed by atoms with E-state index in [1.807, 2.05) is 23.1 Å². The van der Waals surface area contributed by atoms with Crippen molar-refractivity contribution in [3.8, 4) is 0 Å². The maximum Gasteiger partial charge on any atom is 0.254 e. The fourth-order valence-corrected chi connectivity index (χ4v) is 5.90. The van der Waals surface area contributed by atoms with Crippen molar-refractivity contribution in [2.24, 2.45) is 5.92 Å². The topological polar surface area (TPSA) is 63.6 Å². The Labute approximate surface area is 213 Å². The van der Waals surface area contributed by atoms with Crippen LogP contribution >= 0.6 is 0 Å². The number of fused-ring (bicyclic) bond motifs is 2. The van der Waals surface area contributed by atoms with Crippen molar-refractivity contribution in [3.63, 3.8) is 0 Å². The lowest BCUT2D eigenvalue weighted by Gasteiger charge is -2.31. The summed E-state index contributed by atoms with van der Waals surface area (Å²) in [4.78, 5) is 27.3. The van der Waals surface area contributed by atoms with E-state index in [0.29, 0.717) is 18.9 Å². The predicted molar refractivity (Wildman–Crippen MR) is 142 cm³/mol. The molecule has 1 aliphatic heterocycles. The average molecular weight is 488 g/mol. The van der Waals surface area contributed by atoms with Gasteiger partial charge in [-0.3, -0.25) is 9.59 Å². The van der Waals surface area contributed by atoms with E-state index in [9.17, 15) is 9.59 Å². The van der Waals surface area contributed by atoms with Crippen LogP contribution in [0.15, 0.2) is 54.7 Å². The van der Waals surface area contributed by atoms with E-state index in [-0.39, 0.29) is 17.9 Å². The largest absolute Gasteiger partial charge is 0.383 e. The van der Waals surface area contributed by atoms with Crippen molar-refractivity contribution in [1.29, 1.82) is 0 Å². The van der Waals surface area contributed by atoms with Crippen LogP contribution in [0.3, 0.4) is 0 Å². The van der Waals surface area contributed by atoms with Crippen LogP contribution in [-0.2, 0) is 29.0 Å². The molecule has 1 aliphatic carbocycles. The van der Waals surface area contributed by atoms with E-state index in [2.05, 4.69) is 46.4 Å². The second-order valence-electron chi connectivity index (χ2n) is 10.3. The van der Waals surface area contributed by atoms with Crippen molar-refractivity contribution in [2.75, 3.05) is 20.3 Å². The Hall–Kier alpha value is -3.12. The SMILES string of the molecule is COCCn1cc(CCCC(=O)NC2CCC(CN3Cc4ccccc4C3=O)CC2)c2ccccc21. The molecule has 1 aromatic heterocycles. The number of benzene rings is 2. The normalized spacial score (nSPS) is 19.6. The van der Waals surface area contributed by atoms with Crippen LogP contribution in [0.25, 0.3) is 10.9 Å². The molecule has 0 unspecified atom stereocenters. The van der Waals surface area contributed by atoms with Crippen LogP contribution in [0.4, 0.5) is 0 Å². The zero-order valence-corrected chi connectivity index (χ0v) is 21.2. The number of nitrogens with zero attached hydrogens (tertiary/aromatic N) is 2. The number of aryl methyl sites for hydroxylation is 1. The monoisotopic (exact) mass is 487 g/mol. The van der Waals surface area contributed by atoms with Crippen LogP contribution in [0.2, 0.25) is 0 Å². The summed E-state index contributed by atoms with van der Waals surface area (Å²) in [7, 11) is 1.73. The summed E-state index contributed by atoms with van der Waals surface area (Å²) in [5.74, 6) is 0.849. The Morgan fingerprint density at radius 3 is 2.64 bits per heavy atom. The number of aromatic nitrogens is 1. The number of ether oxygens (including phenoxy) is 1. The van der Waals surface area contributed by atoms with Crippen LogP contribution in [0.1, 0.15) is 60.0 Å². The van der Waals surface area contributed by atoms with Crippen LogP contribution in [-0.4, -0.2) is 47.6 Å². The van der Waals surface area contributed by atoms with Crippen LogP contribution in [0, 0.1) is 5.92 Å². The molecular weight excluding hydrogens is 450 g/mol. The highest BCUT2D eigenvalue weighted by molar-refractivity contribution is 5.98. The van der Waals surface area contributed by atoms with Crippen molar-refractivity contribution in [2.45, 2.75) is 64.1 Å². The van der Waals surface area contributed by atoms with Gasteiger partial charge in [-0.15, -0.1) is 0 Å². The minimum absolute atomic E-state index is 0.159. The van der Waals surface area contributed by atoms with Gasteiger partial charge >= 0.3 is 0 Å². The van der Waals surface area contributed by atoms with Gasteiger partial charge in [0, 0.05) is 61.9 Å². The molecule has 2 amide bonds. The van der Waals surface area contributed by atoms with Gasteiger partial charge in [-0.1, -0.05) is 36.4 Å². The summed E-state index contributed by atoms with van der Waals surface area (Å²) >= 11 is 0. The van der Waals surface area contributed by atoms with Crippen molar-refractivity contribution in [1.82, 2.24) is 14.8 Å². The van der Waals surface area contributed by atoms with Crippen molar-refractivity contribution >= 4 is 22.7 Å². The van der Waals surface area contributed by atoms with Crippen LogP contribution < -0.4 is 5.32 Å². The summed E-state index contributed by atoms with van der Waals surface area (Å²) < 4.78 is 7.51. The zero-order chi connectivity index (χ0) is 24.9. The van der Waals surface area contributed by atoms with Gasteiger partial charge in [0.15, 0.2) is 0 Å². The number of carbonyl (C=O) groups excluding carboxylic acids is 2. The smallest absolute Gasteiger partial charge is 0.254 e. The van der Waals surface area contributed by atoms with E-state index < -0.39 is 0 Å². The van der Waals surface area contributed by atoms with Crippen molar-refractivity contribution in [3.05, 3.63) is 71.4 Å². The van der Waals surface area contributed by atoms with E-state index in [0.717, 1.165) is 69.3 Å². The molecule has 1 fully saturated rings. The average Bonchev–Trinajstić information content (AvgIpc) is 3.41. The second kappa shape index (κ2) is 11.3. The van der Waals surface area contributed by atoms with E-state index in [4.69, 9.17) is 4.74 Å². The minimum Gasteiger partial charge on any atom is -0.383 e. The molecule has 0 spiro atoms. The van der Waals surface area contributed by atoms with Crippen molar-refractivity contribution < 1.29 is 14.3 Å². The minimum atomic E-state index is 0.159. The third-order valence-electron chi connectivity index (χ3n) is 7.84. The first-order valence-corrected chi connectivity index (χ1v) is 13.3. The highest BCUT2D eigenvalue weighted by Crippen LogP contribution is 2.29. The van der Waals surface area contributed by atoms with Gasteiger partial charge < -0.3 is 19.5 Å². The molecule has 1 N–H and O–H groups in total. The molecule has 1 saturated carbocycles. The number of rotatable bonds is 10. The quantitative estimate of drug-likeness (QED) is 0.441. The Morgan fingerprint density at radius 1 is 1.06 bits per heavy atom. The van der Waals surface area contributed by atoms with Gasteiger partial charge in [-0.25, -0.2) is 0 Å². The zero-order valence-electron chi connectivity index (χ0n) is 21.2. The maximum absolute atomic E-state index is 12.7. The Morgan fingerprint density at radius 2 is 1.83 bits per heavy atom. The molecular formula is C30H37N3O3. The lowest BCUT2D eigenvalue weighted by atomic mass is 9.85. The third kappa shape index (κ3) is 5.49. The molecule has 2 heterocycles. The van der Waals surface area contributed by atoms with Crippen LogP contribution in [0.5, 0.6) is 0 Å². The van der Waals surface area contributed by atoms with E-state index in [1.165, 1.54) is 16.5 Å². The Balaban J connectivity index is 1.04. The molecule has 36 heavy (non-hydrogen) atoms. The highest BCUT2D eigenvalue weighted by atomic mass is 16.5. The number of para-hydroxylation sites is 1. The highest BCUT2D eigenvalue weighted by Gasteiger charge is 2.30. The molecule has 6 nitrogen and oxygen atoms in total. The second-order valence-corrected chi connectivity index (χ2v) is 10.3. The standard InChI is InChI=1S/C30H37N3O3/c1-36-18-17-32-20-23(26-9-4-5-11-28(26)32)8-6-12-29(34)31-25-15-13-22(14-16-25)19-33-21-24-7-2-3-10-27(24)30(33)35/h2-5,7,9-11,20,22,25H,6,8,12-19,21H2,1H3,(H,31,34). The lowest BCUT2D eigenvalue weighted by Crippen LogP contribution is -2.39. The van der Waals surface area contributed by atoms with Gasteiger partial charge in [0.1, 0.15) is 0 Å². The van der Waals surface area contributed by atoms with E-state index in [1.54, 1.807) is 7.11 Å². The lowest BCUT2D eigenvalue weighted by molar-refractivity contribution is -0.122. The third-order valence-corrected chi connectivity index (χ3v) is 7.84. The first-order chi connectivity index (χ1) is 17.6. The summed E-state index contributed by atoms with van der Waals surface area (Å²) in [6.45, 7) is 3.08. The molecule has 190 valence electrons. The number of hydrogen-bond acceptors (Lipinski definition) is 3. The summed E-state index contributed by atoms with van der Waals surface area (Å²) in [5.41, 5.74) is 4.53. The number of carbonyl (C=O) groups is 2. The van der Waals surface area contributed by atoms with Gasteiger partial charge in [0.05, 0.1) is 6.61 Å². The molecule has 2 aromatic carbocycles. The van der Waals surface area contributed by atoms with E-state index >= 15 is 0 Å². The Kier molecular flexibility index (Phi) is 7.71. The fraction of sp³-hybridized carbons (Fsp3) is 0.467. The molecule has 3 aromatic rings. The number of nitrogens with one attached hydrogen (secondary N) is 1. The van der Waals surface area contributed by atoms with Gasteiger partial charge in [-0.05, 0) is 67.7 Å². The van der Waals surface area contributed by atoms with Gasteiger partial charge in [0.25, 0.3) is 5.91 Å². The van der Waals surface area contributed by atoms with Gasteiger partial charge in [-0.2, -0.15) is 0 Å². The number of hydrogen-bond donors (Lipinski definition) is 1. The summed E-state index contributed by atoms with van der Waals surface area (Å²) in [6.07, 6.45) is 8.63. The molecule has 0 atom stereocenters. The first kappa shape index (κ1) is 24.6. The molecule has 0 radical (unpaired) electrons. The fourth-order valence-electron chi connectivity index (χ4n) is 5.90. The molecule has 2 aliphatic rings. The molecule has 5 rings (SSSR count). The molecule has 0 saturated heterocycles. The molecule has 6 heteroatoms.